The van der Waals surface area contributed by atoms with E-state index >= 15 is 0 Å². The number of hydrogen-bond donors (Lipinski definition) is 0. The van der Waals surface area contributed by atoms with Crippen LogP contribution >= 0.6 is 0 Å². The lowest BCUT2D eigenvalue weighted by Gasteiger charge is -2.16. The minimum Gasteiger partial charge on any atom is -0.330 e. The highest BCUT2D eigenvalue weighted by Gasteiger charge is 2.09. The molecule has 3 nitrogen and oxygen atoms in total. The van der Waals surface area contributed by atoms with Crippen molar-refractivity contribution in [1.82, 2.24) is 4.90 Å². The van der Waals surface area contributed by atoms with Gasteiger partial charge in [0.05, 0.1) is 6.07 Å². The van der Waals surface area contributed by atoms with Crippen molar-refractivity contribution in [2.24, 2.45) is 0 Å². The van der Waals surface area contributed by atoms with E-state index < -0.39 is 0 Å². The molecule has 14 heavy (non-hydrogen) atoms. The third-order valence-corrected chi connectivity index (χ3v) is 2.24. The van der Waals surface area contributed by atoms with Crippen molar-refractivity contribution >= 4 is 5.91 Å². The summed E-state index contributed by atoms with van der Waals surface area (Å²) in [7, 11) is 0. The monoisotopic (exact) mass is 196 g/mol. The van der Waals surface area contributed by atoms with E-state index in [-0.39, 0.29) is 12.5 Å². The topological polar surface area (TPSA) is 44.1 Å². The summed E-state index contributed by atoms with van der Waals surface area (Å²) < 4.78 is 0. The lowest BCUT2D eigenvalue weighted by atomic mass is 10.1. The zero-order chi connectivity index (χ0) is 10.8. The van der Waals surface area contributed by atoms with Gasteiger partial charge < -0.3 is 4.90 Å². The molecule has 1 amide bonds. The van der Waals surface area contributed by atoms with Crippen LogP contribution in [0.2, 0.25) is 0 Å². The maximum atomic E-state index is 11.5. The van der Waals surface area contributed by atoms with Gasteiger partial charge in [-0.25, -0.2) is 0 Å². The Morgan fingerprint density at radius 3 is 2.50 bits per heavy atom. The van der Waals surface area contributed by atoms with Gasteiger partial charge in [0.2, 0.25) is 5.91 Å². The van der Waals surface area contributed by atoms with E-state index in [1.165, 1.54) is 12.8 Å². The van der Waals surface area contributed by atoms with Gasteiger partial charge in [-0.2, -0.15) is 5.26 Å². The average Bonchev–Trinajstić information content (AvgIpc) is 2.20. The zero-order valence-corrected chi connectivity index (χ0v) is 9.25. The number of carbonyl (C=O) groups excluding carboxylic acids is 1. The lowest BCUT2D eigenvalue weighted by Crippen LogP contribution is -2.30. The SMILES string of the molecule is CCCCCCC(=O)N(CC)CC#N. The van der Waals surface area contributed by atoms with Gasteiger partial charge in [-0.3, -0.25) is 4.79 Å². The molecule has 0 heterocycles. The van der Waals surface area contributed by atoms with Crippen LogP contribution in [0.3, 0.4) is 0 Å². The van der Waals surface area contributed by atoms with E-state index in [9.17, 15) is 4.79 Å². The summed E-state index contributed by atoms with van der Waals surface area (Å²) in [6.07, 6.45) is 5.04. The molecule has 0 rings (SSSR count). The van der Waals surface area contributed by atoms with Gasteiger partial charge in [0.25, 0.3) is 0 Å². The van der Waals surface area contributed by atoms with Crippen LogP contribution in [0.5, 0.6) is 0 Å². The van der Waals surface area contributed by atoms with E-state index in [2.05, 4.69) is 6.92 Å². The number of carbonyl (C=O) groups is 1. The Labute approximate surface area is 86.7 Å². The summed E-state index contributed by atoms with van der Waals surface area (Å²) in [4.78, 5) is 13.1. The highest BCUT2D eigenvalue weighted by molar-refractivity contribution is 5.76. The van der Waals surface area contributed by atoms with Crippen LogP contribution < -0.4 is 0 Å². The number of amides is 1. The van der Waals surface area contributed by atoms with Crippen LogP contribution in [0.4, 0.5) is 0 Å². The maximum absolute atomic E-state index is 11.5. The Bertz CT molecular complexity index is 196. The zero-order valence-electron chi connectivity index (χ0n) is 9.25. The van der Waals surface area contributed by atoms with Gasteiger partial charge in [-0.1, -0.05) is 26.2 Å². The van der Waals surface area contributed by atoms with Crippen molar-refractivity contribution in [2.75, 3.05) is 13.1 Å². The van der Waals surface area contributed by atoms with Gasteiger partial charge in [-0.15, -0.1) is 0 Å². The molecule has 80 valence electrons. The molecule has 0 spiro atoms. The first-order valence-electron chi connectivity index (χ1n) is 5.41. The fraction of sp³-hybridized carbons (Fsp3) is 0.818. The second-order valence-electron chi connectivity index (χ2n) is 3.38. The number of hydrogen-bond acceptors (Lipinski definition) is 2. The van der Waals surface area contributed by atoms with Crippen LogP contribution in [0.15, 0.2) is 0 Å². The van der Waals surface area contributed by atoms with Gasteiger partial charge in [-0.05, 0) is 13.3 Å². The molecule has 3 heteroatoms. The third kappa shape index (κ3) is 5.58. The van der Waals surface area contributed by atoms with Crippen molar-refractivity contribution in [3.8, 4) is 6.07 Å². The van der Waals surface area contributed by atoms with Gasteiger partial charge in [0, 0.05) is 13.0 Å². The Morgan fingerprint density at radius 2 is 2.00 bits per heavy atom. The van der Waals surface area contributed by atoms with Crippen molar-refractivity contribution in [3.63, 3.8) is 0 Å². The van der Waals surface area contributed by atoms with E-state index in [0.29, 0.717) is 13.0 Å². The molecule has 0 fully saturated rings. The second-order valence-corrected chi connectivity index (χ2v) is 3.38. The predicted octanol–water partition coefficient (Wildman–Crippen LogP) is 2.33. The predicted molar refractivity (Wildman–Crippen MR) is 56.6 cm³/mol. The minimum absolute atomic E-state index is 0.116. The molecule has 0 aromatic carbocycles. The summed E-state index contributed by atoms with van der Waals surface area (Å²) in [5.74, 6) is 0.116. The molecule has 0 bridgehead atoms. The first kappa shape index (κ1) is 13.0. The molecule has 0 N–H and O–H groups in total. The molecule has 0 aromatic rings. The smallest absolute Gasteiger partial charge is 0.223 e. The Kier molecular flexibility index (Phi) is 7.92. The number of nitrogens with zero attached hydrogens (tertiary/aromatic N) is 2. The van der Waals surface area contributed by atoms with Crippen molar-refractivity contribution in [2.45, 2.75) is 46.0 Å². The highest BCUT2D eigenvalue weighted by atomic mass is 16.2. The third-order valence-electron chi connectivity index (χ3n) is 2.24. The summed E-state index contributed by atoms with van der Waals surface area (Å²) in [6, 6.07) is 2.01. The molecule has 0 aromatic heterocycles. The van der Waals surface area contributed by atoms with Crippen LogP contribution in [0, 0.1) is 11.3 Å². The van der Waals surface area contributed by atoms with E-state index in [4.69, 9.17) is 5.26 Å². The molecule has 0 saturated heterocycles. The van der Waals surface area contributed by atoms with E-state index in [1.807, 2.05) is 13.0 Å². The molecule has 0 aliphatic heterocycles. The maximum Gasteiger partial charge on any atom is 0.223 e. The molecule has 0 aliphatic carbocycles. The molecule has 0 unspecified atom stereocenters. The molecular weight excluding hydrogens is 176 g/mol. The Morgan fingerprint density at radius 1 is 1.29 bits per heavy atom. The Balaban J connectivity index is 3.65. The molecular formula is C11H20N2O. The largest absolute Gasteiger partial charge is 0.330 e. The fourth-order valence-corrected chi connectivity index (χ4v) is 1.32. The van der Waals surface area contributed by atoms with Gasteiger partial charge in [0.15, 0.2) is 0 Å². The number of nitriles is 1. The minimum atomic E-state index is 0.116. The van der Waals surface area contributed by atoms with Gasteiger partial charge in [0.1, 0.15) is 6.54 Å². The van der Waals surface area contributed by atoms with Crippen LogP contribution in [0.1, 0.15) is 46.0 Å². The normalized spacial score (nSPS) is 9.50. The van der Waals surface area contributed by atoms with Crippen LogP contribution in [0.25, 0.3) is 0 Å². The number of rotatable bonds is 7. The summed E-state index contributed by atoms with van der Waals surface area (Å²) in [5.41, 5.74) is 0. The Hall–Kier alpha value is -1.04. The van der Waals surface area contributed by atoms with E-state index in [0.717, 1.165) is 12.8 Å². The molecule has 0 aliphatic rings. The van der Waals surface area contributed by atoms with Crippen molar-refractivity contribution in [3.05, 3.63) is 0 Å². The quantitative estimate of drug-likeness (QED) is 0.463. The van der Waals surface area contributed by atoms with Crippen molar-refractivity contribution in [1.29, 1.82) is 5.26 Å². The van der Waals surface area contributed by atoms with Crippen molar-refractivity contribution < 1.29 is 4.79 Å². The highest BCUT2D eigenvalue weighted by Crippen LogP contribution is 2.04. The molecule has 0 atom stereocenters. The van der Waals surface area contributed by atoms with E-state index in [1.54, 1.807) is 4.90 Å². The standard InChI is InChI=1S/C11H20N2O/c1-3-5-6-7-8-11(14)13(4-2)10-9-12/h3-8,10H2,1-2H3. The summed E-state index contributed by atoms with van der Waals surface area (Å²) in [5, 5.41) is 8.48. The second kappa shape index (κ2) is 8.55. The lowest BCUT2D eigenvalue weighted by molar-refractivity contribution is -0.130. The number of unbranched alkanes of at least 4 members (excludes halogenated alkanes) is 3. The van der Waals surface area contributed by atoms with Crippen LogP contribution in [-0.4, -0.2) is 23.9 Å². The fourth-order valence-electron chi connectivity index (χ4n) is 1.32. The average molecular weight is 196 g/mol. The molecule has 0 radical (unpaired) electrons. The summed E-state index contributed by atoms with van der Waals surface area (Å²) in [6.45, 7) is 4.92. The van der Waals surface area contributed by atoms with Gasteiger partial charge >= 0.3 is 0 Å². The molecule has 0 saturated carbocycles. The first-order chi connectivity index (χ1) is 6.76. The summed E-state index contributed by atoms with van der Waals surface area (Å²) >= 11 is 0. The van der Waals surface area contributed by atoms with Crippen LogP contribution in [-0.2, 0) is 4.79 Å². The first-order valence-corrected chi connectivity index (χ1v) is 5.41.